The van der Waals surface area contributed by atoms with E-state index in [1.165, 1.54) is 23.1 Å². The van der Waals surface area contributed by atoms with Gasteiger partial charge in [-0.2, -0.15) is 0 Å². The predicted octanol–water partition coefficient (Wildman–Crippen LogP) is 6.56. The van der Waals surface area contributed by atoms with Crippen LogP contribution in [0.2, 0.25) is 0 Å². The van der Waals surface area contributed by atoms with E-state index < -0.39 is 23.5 Å². The molecule has 2 aliphatic heterocycles. The molecule has 0 spiro atoms. The van der Waals surface area contributed by atoms with E-state index in [-0.39, 0.29) is 22.6 Å². The number of thiazole rings is 1. The van der Waals surface area contributed by atoms with E-state index in [0.717, 1.165) is 35.5 Å². The van der Waals surface area contributed by atoms with Gasteiger partial charge in [0.05, 0.1) is 28.4 Å². The maximum absolute atomic E-state index is 13.9. The number of fused-ring (bicyclic) bond motifs is 2. The molecule has 9 heteroatoms. The van der Waals surface area contributed by atoms with E-state index in [0.29, 0.717) is 40.1 Å². The number of aliphatic hydroxyl groups excluding tert-OH is 1. The molecule has 0 saturated carbocycles. The van der Waals surface area contributed by atoms with Crippen LogP contribution in [0, 0.1) is 5.82 Å². The van der Waals surface area contributed by atoms with E-state index in [2.05, 4.69) is 11.9 Å². The van der Waals surface area contributed by atoms with Gasteiger partial charge in [-0.1, -0.05) is 36.8 Å². The highest BCUT2D eigenvalue weighted by molar-refractivity contribution is 7.22. The van der Waals surface area contributed by atoms with Crippen LogP contribution in [-0.2, 0) is 16.0 Å². The first-order chi connectivity index (χ1) is 19.3. The Morgan fingerprint density at radius 1 is 1.18 bits per heavy atom. The largest absolute Gasteiger partial charge is 0.507 e. The van der Waals surface area contributed by atoms with Crippen molar-refractivity contribution in [3.63, 3.8) is 0 Å². The highest BCUT2D eigenvalue weighted by Crippen LogP contribution is 2.45. The first-order valence-corrected chi connectivity index (χ1v) is 14.1. The minimum atomic E-state index is -0.969. The number of anilines is 1. The number of hydrogen-bond donors (Lipinski definition) is 1. The molecule has 0 radical (unpaired) electrons. The number of aromatic nitrogens is 1. The third kappa shape index (κ3) is 4.60. The number of nitrogens with zero attached hydrogens (tertiary/aromatic N) is 2. The summed E-state index contributed by atoms with van der Waals surface area (Å²) < 4.78 is 26.2. The molecule has 3 heterocycles. The smallest absolute Gasteiger partial charge is 0.301 e. The second kappa shape index (κ2) is 10.4. The average molecular weight is 559 g/mol. The van der Waals surface area contributed by atoms with Gasteiger partial charge in [-0.15, -0.1) is 0 Å². The van der Waals surface area contributed by atoms with Crippen LogP contribution in [0.15, 0.2) is 66.2 Å². The number of benzene rings is 3. The number of Topliss-reactive ketones (excluding diaryl/α,β-unsaturated/α-hetero) is 1. The SMILES string of the molecule is CCCCOc1cccc([C@@H]2/C(=C(\O)c3ccc4c(c3)C[C@@H](C)O4)C(=O)C(=O)N2c2nc3ccc(F)cc3s2)c1. The number of carbonyl (C=O) groups is 2. The van der Waals surface area contributed by atoms with Gasteiger partial charge in [0.1, 0.15) is 29.2 Å². The molecule has 1 aromatic heterocycles. The number of carbonyl (C=O) groups excluding carboxylic acids is 2. The minimum Gasteiger partial charge on any atom is -0.507 e. The molecule has 2 aliphatic rings. The van der Waals surface area contributed by atoms with Crippen molar-refractivity contribution in [2.24, 2.45) is 0 Å². The van der Waals surface area contributed by atoms with E-state index in [4.69, 9.17) is 9.47 Å². The van der Waals surface area contributed by atoms with E-state index in [9.17, 15) is 19.1 Å². The Balaban J connectivity index is 1.50. The van der Waals surface area contributed by atoms with Crippen LogP contribution >= 0.6 is 11.3 Å². The van der Waals surface area contributed by atoms with Gasteiger partial charge in [-0.05, 0) is 73.0 Å². The summed E-state index contributed by atoms with van der Waals surface area (Å²) in [6.45, 7) is 4.56. The number of halogens is 1. The summed E-state index contributed by atoms with van der Waals surface area (Å²) in [5.74, 6) is -1.02. The Hall–Kier alpha value is -4.24. The van der Waals surface area contributed by atoms with Crippen LogP contribution < -0.4 is 14.4 Å². The van der Waals surface area contributed by atoms with E-state index in [1.54, 1.807) is 36.4 Å². The third-order valence-corrected chi connectivity index (χ3v) is 8.12. The fourth-order valence-electron chi connectivity index (χ4n) is 5.17. The molecule has 3 aromatic carbocycles. The van der Waals surface area contributed by atoms with Crippen molar-refractivity contribution < 1.29 is 28.6 Å². The van der Waals surface area contributed by atoms with Gasteiger partial charge < -0.3 is 14.6 Å². The molecule has 2 atom stereocenters. The maximum atomic E-state index is 13.9. The summed E-state index contributed by atoms with van der Waals surface area (Å²) in [5.41, 5.74) is 2.38. The van der Waals surface area contributed by atoms with Crippen LogP contribution in [-0.4, -0.2) is 34.5 Å². The lowest BCUT2D eigenvalue weighted by molar-refractivity contribution is -0.132. The summed E-state index contributed by atoms with van der Waals surface area (Å²) in [4.78, 5) is 33.0. The van der Waals surface area contributed by atoms with Gasteiger partial charge in [0, 0.05) is 12.0 Å². The summed E-state index contributed by atoms with van der Waals surface area (Å²) in [6.07, 6.45) is 2.54. The monoisotopic (exact) mass is 558 g/mol. The topological polar surface area (TPSA) is 89.0 Å². The molecular weight excluding hydrogens is 531 g/mol. The molecule has 40 heavy (non-hydrogen) atoms. The molecule has 204 valence electrons. The minimum absolute atomic E-state index is 0.0114. The molecular formula is C31H27FN2O5S. The van der Waals surface area contributed by atoms with Crippen molar-refractivity contribution in [1.82, 2.24) is 4.98 Å². The first kappa shape index (κ1) is 26.0. The number of amides is 1. The molecule has 1 N–H and O–H groups in total. The lowest BCUT2D eigenvalue weighted by Crippen LogP contribution is -2.29. The van der Waals surface area contributed by atoms with Gasteiger partial charge in [0.25, 0.3) is 5.78 Å². The fourth-order valence-corrected chi connectivity index (χ4v) is 6.19. The molecule has 0 bridgehead atoms. The van der Waals surface area contributed by atoms with E-state index >= 15 is 0 Å². The fraction of sp³-hybridized carbons (Fsp3) is 0.258. The van der Waals surface area contributed by atoms with Gasteiger partial charge in [0.2, 0.25) is 0 Å². The van der Waals surface area contributed by atoms with E-state index in [1.807, 2.05) is 13.0 Å². The third-order valence-electron chi connectivity index (χ3n) is 7.10. The zero-order chi connectivity index (χ0) is 28.0. The number of hydrogen-bond acceptors (Lipinski definition) is 7. The molecule has 1 amide bonds. The van der Waals surface area contributed by atoms with Crippen LogP contribution in [0.4, 0.5) is 9.52 Å². The molecule has 1 saturated heterocycles. The Morgan fingerprint density at radius 3 is 2.85 bits per heavy atom. The normalized spacial score (nSPS) is 19.7. The molecule has 1 fully saturated rings. The van der Waals surface area contributed by atoms with Crippen LogP contribution in [0.25, 0.3) is 16.0 Å². The van der Waals surface area contributed by atoms with Gasteiger partial charge in [-0.3, -0.25) is 14.5 Å². The average Bonchev–Trinajstić information content (AvgIpc) is 3.60. The lowest BCUT2D eigenvalue weighted by Gasteiger charge is -2.23. The summed E-state index contributed by atoms with van der Waals surface area (Å²) in [7, 11) is 0. The van der Waals surface area contributed by atoms with Crippen LogP contribution in [0.1, 0.15) is 49.4 Å². The number of rotatable bonds is 7. The number of aliphatic hydroxyl groups is 1. The number of ketones is 1. The maximum Gasteiger partial charge on any atom is 0.301 e. The van der Waals surface area contributed by atoms with Crippen LogP contribution in [0.5, 0.6) is 11.5 Å². The number of unbranched alkanes of at least 4 members (excludes halogenated alkanes) is 1. The first-order valence-electron chi connectivity index (χ1n) is 13.2. The second-order valence-corrected chi connectivity index (χ2v) is 11.0. The Morgan fingerprint density at radius 2 is 2.02 bits per heavy atom. The molecule has 4 aromatic rings. The summed E-state index contributed by atoms with van der Waals surface area (Å²) in [6, 6.07) is 15.6. The standard InChI is InChI=1S/C31H27FN2O5S/c1-3-4-12-38-22-7-5-6-18(15-22)27-26(28(35)19-8-11-24-20(14-19)13-17(2)39-24)29(36)30(37)34(27)31-33-23-10-9-21(32)16-25(23)40-31/h5-11,14-17,27,35H,3-4,12-13H2,1-2H3/b28-26+/t17-,27-/m1/s1. The highest BCUT2D eigenvalue weighted by atomic mass is 32.1. The lowest BCUT2D eigenvalue weighted by atomic mass is 9.94. The van der Waals surface area contributed by atoms with Gasteiger partial charge in [-0.25, -0.2) is 9.37 Å². The van der Waals surface area contributed by atoms with Crippen molar-refractivity contribution in [3.05, 3.63) is 88.7 Å². The molecule has 7 nitrogen and oxygen atoms in total. The zero-order valence-electron chi connectivity index (χ0n) is 22.0. The van der Waals surface area contributed by atoms with Crippen molar-refractivity contribution in [1.29, 1.82) is 0 Å². The Kier molecular flexibility index (Phi) is 6.75. The van der Waals surface area contributed by atoms with Crippen molar-refractivity contribution in [3.8, 4) is 11.5 Å². The Bertz CT molecular complexity index is 1680. The van der Waals surface area contributed by atoms with Crippen LogP contribution in [0.3, 0.4) is 0 Å². The van der Waals surface area contributed by atoms with Crippen molar-refractivity contribution >= 4 is 44.1 Å². The van der Waals surface area contributed by atoms with Crippen molar-refractivity contribution in [2.75, 3.05) is 11.5 Å². The molecule has 0 aliphatic carbocycles. The Labute approximate surface area is 234 Å². The quantitative estimate of drug-likeness (QED) is 0.120. The van der Waals surface area contributed by atoms with Gasteiger partial charge >= 0.3 is 5.91 Å². The highest BCUT2D eigenvalue weighted by Gasteiger charge is 2.48. The molecule has 6 rings (SSSR count). The zero-order valence-corrected chi connectivity index (χ0v) is 22.8. The van der Waals surface area contributed by atoms with Gasteiger partial charge in [0.15, 0.2) is 5.13 Å². The summed E-state index contributed by atoms with van der Waals surface area (Å²) >= 11 is 1.11. The molecule has 0 unspecified atom stereocenters. The predicted molar refractivity (Wildman–Crippen MR) is 151 cm³/mol. The summed E-state index contributed by atoms with van der Waals surface area (Å²) in [5, 5.41) is 11.8. The van der Waals surface area contributed by atoms with Crippen molar-refractivity contribution in [2.45, 2.75) is 45.3 Å². The number of ether oxygens (including phenoxy) is 2. The second-order valence-electron chi connectivity index (χ2n) is 10.0.